The van der Waals surface area contributed by atoms with Gasteiger partial charge in [0.05, 0.1) is 6.26 Å². The maximum Gasteiger partial charge on any atom is 0.151 e. The average molecular weight is 167 g/mol. The normalized spacial score (nSPS) is 12.2. The number of furan rings is 1. The third-order valence-corrected chi connectivity index (χ3v) is 1.51. The van der Waals surface area contributed by atoms with Gasteiger partial charge in [0, 0.05) is 5.92 Å². The molecule has 0 atom stereocenters. The van der Waals surface area contributed by atoms with Crippen molar-refractivity contribution in [1.82, 2.24) is 0 Å². The van der Waals surface area contributed by atoms with E-state index in [1.807, 2.05) is 26.0 Å². The van der Waals surface area contributed by atoms with Gasteiger partial charge in [-0.3, -0.25) is 0 Å². The van der Waals surface area contributed by atoms with Crippen LogP contribution in [0.1, 0.15) is 19.6 Å². The first-order chi connectivity index (χ1) is 5.75. The third kappa shape index (κ3) is 1.87. The molecule has 0 spiro atoms. The Bertz CT molecular complexity index is 250. The van der Waals surface area contributed by atoms with Crippen LogP contribution in [-0.4, -0.2) is 12.8 Å². The van der Waals surface area contributed by atoms with Crippen LogP contribution in [0.4, 0.5) is 0 Å². The molecule has 66 valence electrons. The molecule has 12 heavy (non-hydrogen) atoms. The summed E-state index contributed by atoms with van der Waals surface area (Å²) in [6.07, 6.45) is 1.63. The van der Waals surface area contributed by atoms with Gasteiger partial charge in [-0.05, 0) is 12.1 Å². The first-order valence-electron chi connectivity index (χ1n) is 3.90. The molecule has 0 aliphatic heterocycles. The topological polar surface area (TPSA) is 34.7 Å². The minimum Gasteiger partial charge on any atom is -0.463 e. The fourth-order valence-electron chi connectivity index (χ4n) is 0.958. The van der Waals surface area contributed by atoms with Crippen molar-refractivity contribution in [2.24, 2.45) is 11.1 Å². The second-order valence-corrected chi connectivity index (χ2v) is 2.79. The van der Waals surface area contributed by atoms with Crippen molar-refractivity contribution in [1.29, 1.82) is 0 Å². The molecule has 1 rings (SSSR count). The van der Waals surface area contributed by atoms with Gasteiger partial charge in [0.25, 0.3) is 0 Å². The van der Waals surface area contributed by atoms with Crippen LogP contribution in [0.3, 0.4) is 0 Å². The highest BCUT2D eigenvalue weighted by atomic mass is 16.6. The zero-order valence-corrected chi connectivity index (χ0v) is 7.57. The molecule has 0 N–H and O–H groups in total. The lowest BCUT2D eigenvalue weighted by molar-refractivity contribution is 0.211. The lowest BCUT2D eigenvalue weighted by atomic mass is 10.1. The summed E-state index contributed by atoms with van der Waals surface area (Å²) in [5, 5.41) is 3.89. The van der Waals surface area contributed by atoms with Crippen molar-refractivity contribution < 1.29 is 9.25 Å². The Morgan fingerprint density at radius 3 is 2.75 bits per heavy atom. The van der Waals surface area contributed by atoms with Crippen LogP contribution in [0.2, 0.25) is 0 Å². The van der Waals surface area contributed by atoms with Gasteiger partial charge in [0.1, 0.15) is 12.8 Å². The average Bonchev–Trinajstić information content (AvgIpc) is 2.51. The quantitative estimate of drug-likeness (QED) is 0.511. The van der Waals surface area contributed by atoms with E-state index >= 15 is 0 Å². The Kier molecular flexibility index (Phi) is 2.91. The van der Waals surface area contributed by atoms with Crippen LogP contribution in [0.15, 0.2) is 28.0 Å². The summed E-state index contributed by atoms with van der Waals surface area (Å²) in [6.45, 7) is 4.08. The number of hydrogen-bond acceptors (Lipinski definition) is 3. The van der Waals surface area contributed by atoms with E-state index in [2.05, 4.69) is 5.16 Å². The predicted molar refractivity (Wildman–Crippen MR) is 47.1 cm³/mol. The highest BCUT2D eigenvalue weighted by molar-refractivity contribution is 5.99. The van der Waals surface area contributed by atoms with E-state index in [1.165, 1.54) is 7.11 Å². The molecule has 1 aromatic rings. The van der Waals surface area contributed by atoms with Gasteiger partial charge >= 0.3 is 0 Å². The van der Waals surface area contributed by atoms with Crippen molar-refractivity contribution in [2.75, 3.05) is 7.11 Å². The lowest BCUT2D eigenvalue weighted by Gasteiger charge is -2.04. The minimum atomic E-state index is 0.302. The summed E-state index contributed by atoms with van der Waals surface area (Å²) in [7, 11) is 1.53. The summed E-state index contributed by atoms with van der Waals surface area (Å²) in [5.41, 5.74) is 0.836. The molecule has 0 fully saturated rings. The highest BCUT2D eigenvalue weighted by Crippen LogP contribution is 2.10. The molecule has 0 bridgehead atoms. The minimum absolute atomic E-state index is 0.302. The van der Waals surface area contributed by atoms with E-state index in [9.17, 15) is 0 Å². The summed E-state index contributed by atoms with van der Waals surface area (Å²) < 4.78 is 5.20. The van der Waals surface area contributed by atoms with E-state index in [0.29, 0.717) is 5.92 Å². The smallest absolute Gasteiger partial charge is 0.151 e. The molecular formula is C9H13NO2. The van der Waals surface area contributed by atoms with Crippen molar-refractivity contribution in [3.8, 4) is 0 Å². The predicted octanol–water partition coefficient (Wildman–Crippen LogP) is 2.29. The van der Waals surface area contributed by atoms with E-state index in [-0.39, 0.29) is 0 Å². The molecule has 0 aromatic carbocycles. The number of oxime groups is 1. The van der Waals surface area contributed by atoms with Crippen LogP contribution in [-0.2, 0) is 4.84 Å². The molecule has 3 heteroatoms. The monoisotopic (exact) mass is 167 g/mol. The summed E-state index contributed by atoms with van der Waals surface area (Å²) in [5.74, 6) is 1.07. The van der Waals surface area contributed by atoms with Gasteiger partial charge in [-0.15, -0.1) is 0 Å². The Balaban J connectivity index is 2.88. The van der Waals surface area contributed by atoms with Crippen molar-refractivity contribution in [2.45, 2.75) is 13.8 Å². The van der Waals surface area contributed by atoms with E-state index in [1.54, 1.807) is 6.26 Å². The summed E-state index contributed by atoms with van der Waals surface area (Å²) >= 11 is 0. The lowest BCUT2D eigenvalue weighted by Crippen LogP contribution is -2.08. The zero-order chi connectivity index (χ0) is 8.97. The third-order valence-electron chi connectivity index (χ3n) is 1.51. The molecule has 0 amide bonds. The van der Waals surface area contributed by atoms with Gasteiger partial charge in [-0.25, -0.2) is 0 Å². The van der Waals surface area contributed by atoms with Crippen molar-refractivity contribution >= 4 is 5.71 Å². The fourth-order valence-corrected chi connectivity index (χ4v) is 0.958. The fraction of sp³-hybridized carbons (Fsp3) is 0.444. The first-order valence-corrected chi connectivity index (χ1v) is 3.90. The molecule has 1 aromatic heterocycles. The van der Waals surface area contributed by atoms with Crippen molar-refractivity contribution in [3.63, 3.8) is 0 Å². The van der Waals surface area contributed by atoms with E-state index in [4.69, 9.17) is 9.25 Å². The molecule has 0 saturated carbocycles. The van der Waals surface area contributed by atoms with Crippen LogP contribution in [0.5, 0.6) is 0 Å². The molecule has 0 aliphatic carbocycles. The SMILES string of the molecule is CO/N=C(\c1ccco1)C(C)C. The van der Waals surface area contributed by atoms with Gasteiger partial charge in [0.2, 0.25) is 0 Å². The highest BCUT2D eigenvalue weighted by Gasteiger charge is 2.11. The van der Waals surface area contributed by atoms with Crippen LogP contribution < -0.4 is 0 Å². The van der Waals surface area contributed by atoms with Crippen LogP contribution in [0, 0.1) is 5.92 Å². The molecule has 1 heterocycles. The maximum absolute atomic E-state index is 5.20. The van der Waals surface area contributed by atoms with Gasteiger partial charge < -0.3 is 9.25 Å². The Morgan fingerprint density at radius 1 is 1.58 bits per heavy atom. The number of rotatable bonds is 3. The van der Waals surface area contributed by atoms with Crippen LogP contribution >= 0.6 is 0 Å². The van der Waals surface area contributed by atoms with Crippen LogP contribution in [0.25, 0.3) is 0 Å². The largest absolute Gasteiger partial charge is 0.463 e. The Hall–Kier alpha value is -1.25. The first kappa shape index (κ1) is 8.84. The number of nitrogens with zero attached hydrogens (tertiary/aromatic N) is 1. The molecular weight excluding hydrogens is 154 g/mol. The summed E-state index contributed by atoms with van der Waals surface area (Å²) in [6, 6.07) is 3.71. The Morgan fingerprint density at radius 2 is 2.33 bits per heavy atom. The second kappa shape index (κ2) is 3.95. The molecule has 0 radical (unpaired) electrons. The van der Waals surface area contributed by atoms with Gasteiger partial charge in [-0.2, -0.15) is 0 Å². The zero-order valence-electron chi connectivity index (χ0n) is 7.57. The van der Waals surface area contributed by atoms with E-state index in [0.717, 1.165) is 11.5 Å². The van der Waals surface area contributed by atoms with E-state index < -0.39 is 0 Å². The van der Waals surface area contributed by atoms with Gasteiger partial charge in [-0.1, -0.05) is 19.0 Å². The molecule has 0 saturated heterocycles. The van der Waals surface area contributed by atoms with Crippen molar-refractivity contribution in [3.05, 3.63) is 24.2 Å². The molecule has 0 unspecified atom stereocenters. The molecule has 3 nitrogen and oxygen atoms in total. The number of hydrogen-bond donors (Lipinski definition) is 0. The standard InChI is InChI=1S/C9H13NO2/c1-7(2)9(10-11-3)8-5-4-6-12-8/h4-7H,1-3H3/b10-9-. The maximum atomic E-state index is 5.20. The molecule has 0 aliphatic rings. The summed E-state index contributed by atoms with van der Waals surface area (Å²) in [4.78, 5) is 4.72. The Labute approximate surface area is 72.0 Å². The second-order valence-electron chi connectivity index (χ2n) is 2.79. The van der Waals surface area contributed by atoms with Gasteiger partial charge in [0.15, 0.2) is 5.76 Å².